The first-order chi connectivity index (χ1) is 17.0. The molecule has 4 rings (SSSR count). The van der Waals surface area contributed by atoms with Crippen LogP contribution in [-0.2, 0) is 11.2 Å². The summed E-state index contributed by atoms with van der Waals surface area (Å²) in [5, 5.41) is 3.87. The van der Waals surface area contributed by atoms with Crippen LogP contribution in [0.2, 0.25) is 0 Å². The van der Waals surface area contributed by atoms with E-state index in [1.165, 1.54) is 6.07 Å². The molecule has 0 radical (unpaired) electrons. The van der Waals surface area contributed by atoms with Crippen LogP contribution >= 0.6 is 11.3 Å². The maximum atomic E-state index is 14.3. The number of aryl methyl sites for hydroxylation is 1. The lowest BCUT2D eigenvalue weighted by molar-refractivity contribution is 0.0715. The third-order valence-electron chi connectivity index (χ3n) is 6.09. The van der Waals surface area contributed by atoms with Gasteiger partial charge in [0.05, 0.1) is 12.6 Å². The van der Waals surface area contributed by atoms with Gasteiger partial charge in [-0.1, -0.05) is 37.3 Å². The number of thiophene rings is 1. The third kappa shape index (κ3) is 5.89. The highest BCUT2D eigenvalue weighted by atomic mass is 32.1. The van der Waals surface area contributed by atoms with E-state index in [9.17, 15) is 14.0 Å². The van der Waals surface area contributed by atoms with Gasteiger partial charge < -0.3 is 15.0 Å². The lowest BCUT2D eigenvalue weighted by Crippen LogP contribution is -2.50. The topological polar surface area (TPSA) is 61.9 Å². The van der Waals surface area contributed by atoms with E-state index in [0.29, 0.717) is 38.3 Å². The summed E-state index contributed by atoms with van der Waals surface area (Å²) < 4.78 is 19.5. The average molecular weight is 496 g/mol. The molecule has 0 saturated carbocycles. The quantitative estimate of drug-likeness (QED) is 0.466. The minimum atomic E-state index is -0.311. The molecule has 2 heterocycles. The minimum absolute atomic E-state index is 0.179. The number of hydrogen-bond acceptors (Lipinski definition) is 5. The van der Waals surface area contributed by atoms with Crippen LogP contribution in [0.4, 0.5) is 14.2 Å². The number of hydrogen-bond donors (Lipinski definition) is 1. The first-order valence-electron chi connectivity index (χ1n) is 11.9. The highest BCUT2D eigenvalue weighted by Crippen LogP contribution is 2.40. The van der Waals surface area contributed by atoms with Crippen LogP contribution in [-0.4, -0.2) is 54.6 Å². The zero-order chi connectivity index (χ0) is 24.8. The molecule has 1 aliphatic heterocycles. The van der Waals surface area contributed by atoms with Crippen molar-refractivity contribution in [2.24, 2.45) is 0 Å². The fraction of sp³-hybridized carbons (Fsp3) is 0.333. The fourth-order valence-electron chi connectivity index (χ4n) is 4.34. The van der Waals surface area contributed by atoms with Crippen molar-refractivity contribution in [3.63, 3.8) is 0 Å². The van der Waals surface area contributed by atoms with E-state index < -0.39 is 0 Å². The number of rotatable bonds is 7. The number of carbonyl (C=O) groups is 2. The largest absolute Gasteiger partial charge is 0.450 e. The standard InChI is InChI=1S/C27H30FN3O3S/c1-3-22-18-23(26(35-22)29-25(32)19-9-6-5-7-10-19)24(20-11-8-12-21(28)17-20)30-13-15-31(16-14-30)27(33)34-4-2/h5-12,17-18,24H,3-4,13-16H2,1-2H3,(H,29,32). The molecular weight excluding hydrogens is 465 g/mol. The Morgan fingerprint density at radius 2 is 1.77 bits per heavy atom. The summed E-state index contributed by atoms with van der Waals surface area (Å²) in [5.74, 6) is -0.486. The molecule has 3 aromatic rings. The van der Waals surface area contributed by atoms with Gasteiger partial charge in [0.1, 0.15) is 10.8 Å². The van der Waals surface area contributed by atoms with Crippen LogP contribution in [0, 0.1) is 5.82 Å². The first kappa shape index (κ1) is 24.9. The number of halogens is 1. The molecule has 0 spiro atoms. The van der Waals surface area contributed by atoms with Gasteiger partial charge in [-0.2, -0.15) is 0 Å². The van der Waals surface area contributed by atoms with Crippen LogP contribution in [0.1, 0.15) is 46.3 Å². The van der Waals surface area contributed by atoms with Crippen LogP contribution in [0.3, 0.4) is 0 Å². The second-order valence-corrected chi connectivity index (χ2v) is 9.49. The molecule has 6 nitrogen and oxygen atoms in total. The second kappa shape index (κ2) is 11.5. The van der Waals surface area contributed by atoms with E-state index in [-0.39, 0.29) is 23.9 Å². The molecule has 8 heteroatoms. The Bertz CT molecular complexity index is 1160. The van der Waals surface area contributed by atoms with Crippen molar-refractivity contribution in [3.05, 3.63) is 88.0 Å². The number of piperazine rings is 1. The molecule has 1 unspecified atom stereocenters. The van der Waals surface area contributed by atoms with Gasteiger partial charge in [0.25, 0.3) is 5.91 Å². The smallest absolute Gasteiger partial charge is 0.409 e. The molecule has 35 heavy (non-hydrogen) atoms. The Morgan fingerprint density at radius 3 is 2.43 bits per heavy atom. The van der Waals surface area contributed by atoms with E-state index in [1.54, 1.807) is 47.4 Å². The van der Waals surface area contributed by atoms with Gasteiger partial charge in [0, 0.05) is 42.2 Å². The van der Waals surface area contributed by atoms with Crippen LogP contribution in [0.25, 0.3) is 0 Å². The molecule has 1 aliphatic rings. The minimum Gasteiger partial charge on any atom is -0.450 e. The van der Waals surface area contributed by atoms with Crippen molar-refractivity contribution in [2.75, 3.05) is 38.1 Å². The zero-order valence-corrected chi connectivity index (χ0v) is 20.8. The van der Waals surface area contributed by atoms with Gasteiger partial charge in [-0.3, -0.25) is 9.69 Å². The SMILES string of the molecule is CCOC(=O)N1CCN(C(c2cccc(F)c2)c2cc(CC)sc2NC(=O)c2ccccc2)CC1. The Morgan fingerprint density at radius 1 is 1.03 bits per heavy atom. The van der Waals surface area contributed by atoms with Gasteiger partial charge in [-0.05, 0) is 49.2 Å². The average Bonchev–Trinajstić information content (AvgIpc) is 3.27. The van der Waals surface area contributed by atoms with Crippen molar-refractivity contribution in [1.82, 2.24) is 9.80 Å². The molecule has 2 amide bonds. The van der Waals surface area contributed by atoms with E-state index in [2.05, 4.69) is 23.2 Å². The molecule has 0 bridgehead atoms. The molecule has 1 aromatic heterocycles. The van der Waals surface area contributed by atoms with E-state index in [4.69, 9.17) is 4.74 Å². The molecule has 184 valence electrons. The summed E-state index contributed by atoms with van der Waals surface area (Å²) in [6.45, 7) is 6.44. The summed E-state index contributed by atoms with van der Waals surface area (Å²) in [5.41, 5.74) is 2.33. The van der Waals surface area contributed by atoms with Crippen LogP contribution in [0.15, 0.2) is 60.7 Å². The highest BCUT2D eigenvalue weighted by molar-refractivity contribution is 7.16. The Hall–Kier alpha value is -3.23. The molecule has 2 aromatic carbocycles. The maximum absolute atomic E-state index is 14.3. The predicted octanol–water partition coefficient (Wildman–Crippen LogP) is 5.57. The zero-order valence-electron chi connectivity index (χ0n) is 20.0. The molecule has 1 fully saturated rings. The van der Waals surface area contributed by atoms with E-state index in [1.807, 2.05) is 24.3 Å². The van der Waals surface area contributed by atoms with Gasteiger partial charge in [-0.15, -0.1) is 11.3 Å². The summed E-state index contributed by atoms with van der Waals surface area (Å²) in [7, 11) is 0. The number of benzene rings is 2. The normalized spacial score (nSPS) is 15.0. The number of amides is 2. The van der Waals surface area contributed by atoms with Crippen molar-refractivity contribution >= 4 is 28.3 Å². The predicted molar refractivity (Wildman–Crippen MR) is 137 cm³/mol. The van der Waals surface area contributed by atoms with Crippen LogP contribution in [0.5, 0.6) is 0 Å². The summed E-state index contributed by atoms with van der Waals surface area (Å²) in [6.07, 6.45) is 0.514. The summed E-state index contributed by atoms with van der Waals surface area (Å²) in [4.78, 5) is 30.3. The van der Waals surface area contributed by atoms with E-state index in [0.717, 1.165) is 27.4 Å². The van der Waals surface area contributed by atoms with Crippen LogP contribution < -0.4 is 5.32 Å². The van der Waals surface area contributed by atoms with Gasteiger partial charge in [-0.25, -0.2) is 9.18 Å². The molecule has 1 saturated heterocycles. The first-order valence-corrected chi connectivity index (χ1v) is 12.7. The number of nitrogens with zero attached hydrogens (tertiary/aromatic N) is 2. The van der Waals surface area contributed by atoms with Gasteiger partial charge in [0.2, 0.25) is 0 Å². The lowest BCUT2D eigenvalue weighted by Gasteiger charge is -2.39. The molecular formula is C27H30FN3O3S. The summed E-state index contributed by atoms with van der Waals surface area (Å²) >= 11 is 1.55. The van der Waals surface area contributed by atoms with Gasteiger partial charge >= 0.3 is 6.09 Å². The van der Waals surface area contributed by atoms with Crippen molar-refractivity contribution in [2.45, 2.75) is 26.3 Å². The van der Waals surface area contributed by atoms with Crippen molar-refractivity contribution < 1.29 is 18.7 Å². The molecule has 1 N–H and O–H groups in total. The Labute approximate surface area is 209 Å². The third-order valence-corrected chi connectivity index (χ3v) is 7.30. The van der Waals surface area contributed by atoms with Crippen molar-refractivity contribution in [3.8, 4) is 0 Å². The van der Waals surface area contributed by atoms with Crippen molar-refractivity contribution in [1.29, 1.82) is 0 Å². The number of nitrogens with one attached hydrogen (secondary N) is 1. The molecule has 0 aliphatic carbocycles. The Kier molecular flexibility index (Phi) is 8.15. The van der Waals surface area contributed by atoms with Gasteiger partial charge in [0.15, 0.2) is 0 Å². The van der Waals surface area contributed by atoms with E-state index >= 15 is 0 Å². The summed E-state index contributed by atoms with van der Waals surface area (Å²) in [6, 6.07) is 17.6. The number of anilines is 1. The lowest BCUT2D eigenvalue weighted by atomic mass is 9.97. The monoisotopic (exact) mass is 495 g/mol. The highest BCUT2D eigenvalue weighted by Gasteiger charge is 2.31. The fourth-order valence-corrected chi connectivity index (χ4v) is 5.36. The Balaban J connectivity index is 1.67. The second-order valence-electron chi connectivity index (χ2n) is 8.35. The maximum Gasteiger partial charge on any atom is 0.409 e. The number of carbonyl (C=O) groups excluding carboxylic acids is 2. The molecule has 1 atom stereocenters. The number of ether oxygens (including phenoxy) is 1.